The molecule has 13 heavy (non-hydrogen) atoms. The maximum Gasteiger partial charge on any atom is 0.0517 e. The average molecular weight is 176 g/mol. The van der Waals surface area contributed by atoms with E-state index in [0.717, 1.165) is 24.9 Å². The normalized spacial score (nSPS) is 9.62. The Kier molecular flexibility index (Phi) is 4.06. The van der Waals surface area contributed by atoms with Crippen LogP contribution in [0.3, 0.4) is 0 Å². The Bertz CT molecular complexity index is 269. The molecule has 0 unspecified atom stereocenters. The maximum atomic E-state index is 5.38. The Morgan fingerprint density at radius 3 is 2.85 bits per heavy atom. The number of benzene rings is 1. The molecule has 1 aromatic rings. The summed E-state index contributed by atoms with van der Waals surface area (Å²) in [6.07, 6.45) is 5.17. The molecule has 1 aromatic carbocycles. The van der Waals surface area contributed by atoms with Crippen LogP contribution in [-0.4, -0.2) is 0 Å². The van der Waals surface area contributed by atoms with Crippen LogP contribution in [-0.2, 0) is 6.42 Å². The lowest BCUT2D eigenvalue weighted by molar-refractivity contribution is 0.844. The van der Waals surface area contributed by atoms with E-state index in [0.29, 0.717) is 0 Å². The van der Waals surface area contributed by atoms with Crippen molar-refractivity contribution in [1.29, 1.82) is 0 Å². The molecule has 0 amide bonds. The molecule has 0 saturated heterocycles. The van der Waals surface area contributed by atoms with Gasteiger partial charge >= 0.3 is 0 Å². The van der Waals surface area contributed by atoms with Crippen molar-refractivity contribution in [1.82, 2.24) is 0 Å². The second-order valence-corrected chi connectivity index (χ2v) is 2.98. The zero-order chi connectivity index (χ0) is 9.52. The second-order valence-electron chi connectivity index (χ2n) is 2.98. The molecule has 1 rings (SSSR count). The van der Waals surface area contributed by atoms with Crippen LogP contribution in [0.5, 0.6) is 0 Å². The SMILES string of the molecule is C=CCCCc1ccccc1NN. The van der Waals surface area contributed by atoms with Gasteiger partial charge in [-0.05, 0) is 30.9 Å². The number of nitrogens with two attached hydrogens (primary N) is 1. The van der Waals surface area contributed by atoms with E-state index >= 15 is 0 Å². The van der Waals surface area contributed by atoms with Gasteiger partial charge < -0.3 is 5.43 Å². The highest BCUT2D eigenvalue weighted by molar-refractivity contribution is 5.49. The minimum Gasteiger partial charge on any atom is -0.324 e. The van der Waals surface area contributed by atoms with Crippen molar-refractivity contribution in [3.63, 3.8) is 0 Å². The molecule has 0 atom stereocenters. The fraction of sp³-hybridized carbons (Fsp3) is 0.273. The van der Waals surface area contributed by atoms with Crippen molar-refractivity contribution >= 4 is 5.69 Å². The number of aryl methyl sites for hydroxylation is 1. The van der Waals surface area contributed by atoms with Crippen LogP contribution in [0, 0.1) is 0 Å². The van der Waals surface area contributed by atoms with E-state index in [2.05, 4.69) is 18.1 Å². The quantitative estimate of drug-likeness (QED) is 0.313. The van der Waals surface area contributed by atoms with Crippen LogP contribution in [0.1, 0.15) is 18.4 Å². The smallest absolute Gasteiger partial charge is 0.0517 e. The number of hydrazine groups is 1. The third-order valence-electron chi connectivity index (χ3n) is 2.03. The third kappa shape index (κ3) is 2.92. The van der Waals surface area contributed by atoms with E-state index < -0.39 is 0 Å². The molecule has 0 bridgehead atoms. The van der Waals surface area contributed by atoms with E-state index in [1.165, 1.54) is 5.56 Å². The van der Waals surface area contributed by atoms with Crippen LogP contribution in [0.25, 0.3) is 0 Å². The summed E-state index contributed by atoms with van der Waals surface area (Å²) in [6, 6.07) is 8.10. The number of hydrogen-bond donors (Lipinski definition) is 2. The molecule has 0 aliphatic carbocycles. The standard InChI is InChI=1S/C11H16N2/c1-2-3-4-7-10-8-5-6-9-11(10)13-12/h2,5-6,8-9,13H,1,3-4,7,12H2. The molecule has 3 N–H and O–H groups in total. The minimum atomic E-state index is 1.02. The van der Waals surface area contributed by atoms with Crippen LogP contribution < -0.4 is 11.3 Å². The average Bonchev–Trinajstić information content (AvgIpc) is 2.19. The van der Waals surface area contributed by atoms with Gasteiger partial charge in [-0.15, -0.1) is 6.58 Å². The molecule has 0 aliphatic rings. The number of hydrogen-bond acceptors (Lipinski definition) is 2. The van der Waals surface area contributed by atoms with Gasteiger partial charge in [-0.1, -0.05) is 24.3 Å². The van der Waals surface area contributed by atoms with Gasteiger partial charge in [0.25, 0.3) is 0 Å². The van der Waals surface area contributed by atoms with Crippen molar-refractivity contribution in [2.45, 2.75) is 19.3 Å². The zero-order valence-electron chi connectivity index (χ0n) is 7.79. The molecule has 0 aliphatic heterocycles. The monoisotopic (exact) mass is 176 g/mol. The molecule has 0 aromatic heterocycles. The predicted molar refractivity (Wildman–Crippen MR) is 57.4 cm³/mol. The first kappa shape index (κ1) is 9.81. The molecule has 0 heterocycles. The number of anilines is 1. The maximum absolute atomic E-state index is 5.38. The molecule has 0 spiro atoms. The molecule has 0 radical (unpaired) electrons. The lowest BCUT2D eigenvalue weighted by atomic mass is 10.1. The summed E-state index contributed by atoms with van der Waals surface area (Å²) in [5.74, 6) is 5.38. The number of nitrogens with one attached hydrogen (secondary N) is 1. The fourth-order valence-electron chi connectivity index (χ4n) is 1.32. The summed E-state index contributed by atoms with van der Waals surface area (Å²) in [5, 5.41) is 0. The first-order valence-corrected chi connectivity index (χ1v) is 4.54. The van der Waals surface area contributed by atoms with Gasteiger partial charge in [0.2, 0.25) is 0 Å². The van der Waals surface area contributed by atoms with Gasteiger partial charge in [0.1, 0.15) is 0 Å². The highest BCUT2D eigenvalue weighted by Crippen LogP contribution is 2.15. The van der Waals surface area contributed by atoms with Gasteiger partial charge in [0, 0.05) is 0 Å². The Morgan fingerprint density at radius 1 is 1.38 bits per heavy atom. The summed E-state index contributed by atoms with van der Waals surface area (Å²) >= 11 is 0. The molecular formula is C11H16N2. The first-order chi connectivity index (χ1) is 6.38. The molecular weight excluding hydrogens is 160 g/mol. The Morgan fingerprint density at radius 2 is 2.15 bits per heavy atom. The van der Waals surface area contributed by atoms with Gasteiger partial charge in [0.05, 0.1) is 5.69 Å². The summed E-state index contributed by atoms with van der Waals surface area (Å²) in [7, 11) is 0. The van der Waals surface area contributed by atoms with Gasteiger partial charge in [-0.25, -0.2) is 0 Å². The Balaban J connectivity index is 2.58. The summed E-state index contributed by atoms with van der Waals surface area (Å²) < 4.78 is 0. The topological polar surface area (TPSA) is 38.0 Å². The van der Waals surface area contributed by atoms with E-state index in [4.69, 9.17) is 5.84 Å². The largest absolute Gasteiger partial charge is 0.324 e. The fourth-order valence-corrected chi connectivity index (χ4v) is 1.32. The molecule has 2 heteroatoms. The highest BCUT2D eigenvalue weighted by atomic mass is 15.2. The van der Waals surface area contributed by atoms with Crippen LogP contribution >= 0.6 is 0 Å². The van der Waals surface area contributed by atoms with Crippen LogP contribution in [0.4, 0.5) is 5.69 Å². The molecule has 0 saturated carbocycles. The Labute approximate surface area is 79.4 Å². The number of rotatable bonds is 5. The predicted octanol–water partition coefficient (Wildman–Crippen LogP) is 2.48. The van der Waals surface area contributed by atoms with E-state index in [1.54, 1.807) is 0 Å². The van der Waals surface area contributed by atoms with Crippen molar-refractivity contribution in [2.75, 3.05) is 5.43 Å². The van der Waals surface area contributed by atoms with Gasteiger partial charge in [-0.3, -0.25) is 5.84 Å². The van der Waals surface area contributed by atoms with Crippen molar-refractivity contribution in [3.8, 4) is 0 Å². The van der Waals surface area contributed by atoms with Crippen LogP contribution in [0.15, 0.2) is 36.9 Å². The zero-order valence-corrected chi connectivity index (χ0v) is 7.79. The van der Waals surface area contributed by atoms with Crippen molar-refractivity contribution in [3.05, 3.63) is 42.5 Å². The van der Waals surface area contributed by atoms with E-state index in [1.807, 2.05) is 24.3 Å². The van der Waals surface area contributed by atoms with Gasteiger partial charge in [0.15, 0.2) is 0 Å². The first-order valence-electron chi connectivity index (χ1n) is 4.54. The number of nitrogen functional groups attached to an aromatic ring is 1. The van der Waals surface area contributed by atoms with Crippen molar-refractivity contribution in [2.24, 2.45) is 5.84 Å². The van der Waals surface area contributed by atoms with Crippen molar-refractivity contribution < 1.29 is 0 Å². The second kappa shape index (κ2) is 5.38. The van der Waals surface area contributed by atoms with E-state index in [9.17, 15) is 0 Å². The number of allylic oxidation sites excluding steroid dienone is 1. The third-order valence-corrected chi connectivity index (χ3v) is 2.03. The van der Waals surface area contributed by atoms with E-state index in [-0.39, 0.29) is 0 Å². The van der Waals surface area contributed by atoms with Gasteiger partial charge in [-0.2, -0.15) is 0 Å². The summed E-state index contributed by atoms with van der Waals surface area (Å²) in [4.78, 5) is 0. The molecule has 0 fully saturated rings. The number of unbranched alkanes of at least 4 members (excludes halogenated alkanes) is 1. The Hall–Kier alpha value is -1.28. The highest BCUT2D eigenvalue weighted by Gasteiger charge is 1.97. The summed E-state index contributed by atoms with van der Waals surface area (Å²) in [6.45, 7) is 3.69. The molecule has 2 nitrogen and oxygen atoms in total. The summed E-state index contributed by atoms with van der Waals surface area (Å²) in [5.41, 5.74) is 4.99. The van der Waals surface area contributed by atoms with Crippen LogP contribution in [0.2, 0.25) is 0 Å². The minimum absolute atomic E-state index is 1.02. The lowest BCUT2D eigenvalue weighted by Gasteiger charge is -2.07. The lowest BCUT2D eigenvalue weighted by Crippen LogP contribution is -2.08. The molecule has 70 valence electrons. The number of para-hydroxylation sites is 1.